The lowest BCUT2D eigenvalue weighted by Gasteiger charge is -2.16. The van der Waals surface area contributed by atoms with Crippen LogP contribution in [-0.4, -0.2) is 30.9 Å². The van der Waals surface area contributed by atoms with Crippen molar-refractivity contribution in [3.8, 4) is 28.0 Å². The maximum absolute atomic E-state index is 11.2. The summed E-state index contributed by atoms with van der Waals surface area (Å²) < 4.78 is 10.9. The average molecular weight is 431 g/mol. The van der Waals surface area contributed by atoms with Crippen molar-refractivity contribution >= 4 is 5.97 Å². The highest BCUT2D eigenvalue weighted by Crippen LogP contribution is 2.33. The van der Waals surface area contributed by atoms with Crippen molar-refractivity contribution < 1.29 is 19.4 Å². The number of carbonyl (C=O) groups excluding carboxylic acids is 1. The summed E-state index contributed by atoms with van der Waals surface area (Å²) in [6, 6.07) is 21.2. The fraction of sp³-hybridized carbons (Fsp3) is 0.250. The zero-order valence-electron chi connectivity index (χ0n) is 18.8. The van der Waals surface area contributed by atoms with Crippen LogP contribution in [0.4, 0.5) is 0 Å². The van der Waals surface area contributed by atoms with Gasteiger partial charge in [-0.25, -0.2) is 4.79 Å². The van der Waals surface area contributed by atoms with Gasteiger partial charge in [0.2, 0.25) is 0 Å². The van der Waals surface area contributed by atoms with Gasteiger partial charge in [-0.1, -0.05) is 73.7 Å². The number of aliphatic hydroxyl groups is 1. The first-order chi connectivity index (χ1) is 15.5. The summed E-state index contributed by atoms with van der Waals surface area (Å²) in [6.07, 6.45) is 2.53. The van der Waals surface area contributed by atoms with Crippen LogP contribution in [0.25, 0.3) is 22.3 Å². The molecule has 0 fully saturated rings. The minimum atomic E-state index is -0.473. The fourth-order valence-electron chi connectivity index (χ4n) is 3.63. The molecule has 0 amide bonds. The standard InChI is InChI=1S/C28H30O4/c1-4-21-18-24(22-8-6-20(3)7-9-22)12-13-26(21)25-11-10-23(14-15-29)27(19-25)31-16-17-32-28(30)5-2/h5-13,18-19,29H,2,4,14-17H2,1,3H3. The van der Waals surface area contributed by atoms with Crippen molar-refractivity contribution in [3.05, 3.63) is 90.0 Å². The first-order valence-corrected chi connectivity index (χ1v) is 10.9. The Labute approximate surface area is 190 Å². The molecule has 0 aliphatic heterocycles. The molecule has 3 aromatic rings. The highest BCUT2D eigenvalue weighted by Gasteiger charge is 2.11. The number of aryl methyl sites for hydroxylation is 2. The molecule has 0 saturated carbocycles. The fourth-order valence-corrected chi connectivity index (χ4v) is 3.63. The lowest BCUT2D eigenvalue weighted by molar-refractivity contribution is -0.138. The van der Waals surface area contributed by atoms with E-state index in [4.69, 9.17) is 9.47 Å². The summed E-state index contributed by atoms with van der Waals surface area (Å²) in [5.74, 6) is 0.218. The molecular weight excluding hydrogens is 400 g/mol. The summed E-state index contributed by atoms with van der Waals surface area (Å²) in [6.45, 7) is 8.03. The van der Waals surface area contributed by atoms with E-state index in [1.807, 2.05) is 12.1 Å². The van der Waals surface area contributed by atoms with Crippen LogP contribution in [0.2, 0.25) is 0 Å². The van der Waals surface area contributed by atoms with Gasteiger partial charge in [0, 0.05) is 12.7 Å². The maximum atomic E-state index is 11.2. The Morgan fingerprint density at radius 1 is 0.938 bits per heavy atom. The zero-order valence-corrected chi connectivity index (χ0v) is 18.8. The number of benzene rings is 3. The summed E-state index contributed by atoms with van der Waals surface area (Å²) >= 11 is 0. The number of esters is 1. The zero-order chi connectivity index (χ0) is 22.9. The van der Waals surface area contributed by atoms with E-state index in [2.05, 4.69) is 69.0 Å². The lowest BCUT2D eigenvalue weighted by Crippen LogP contribution is -2.11. The van der Waals surface area contributed by atoms with E-state index in [1.54, 1.807) is 0 Å². The largest absolute Gasteiger partial charge is 0.490 e. The molecule has 0 heterocycles. The summed E-state index contributed by atoms with van der Waals surface area (Å²) in [5, 5.41) is 9.41. The molecule has 4 heteroatoms. The van der Waals surface area contributed by atoms with Gasteiger partial charge in [0.05, 0.1) is 0 Å². The normalized spacial score (nSPS) is 10.6. The SMILES string of the molecule is C=CC(=O)OCCOc1cc(-c2ccc(-c3ccc(C)cc3)cc2CC)ccc1CCO. The van der Waals surface area contributed by atoms with Crippen molar-refractivity contribution in [1.82, 2.24) is 0 Å². The highest BCUT2D eigenvalue weighted by molar-refractivity contribution is 5.81. The highest BCUT2D eigenvalue weighted by atomic mass is 16.6. The Kier molecular flexibility index (Phi) is 8.23. The molecule has 166 valence electrons. The van der Waals surface area contributed by atoms with Crippen molar-refractivity contribution in [2.75, 3.05) is 19.8 Å². The smallest absolute Gasteiger partial charge is 0.330 e. The minimum Gasteiger partial charge on any atom is -0.490 e. The summed E-state index contributed by atoms with van der Waals surface area (Å²) in [7, 11) is 0. The number of carbonyl (C=O) groups is 1. The third-order valence-corrected chi connectivity index (χ3v) is 5.38. The van der Waals surface area contributed by atoms with Crippen LogP contribution in [-0.2, 0) is 22.4 Å². The Morgan fingerprint density at radius 2 is 1.66 bits per heavy atom. The van der Waals surface area contributed by atoms with Crippen LogP contribution >= 0.6 is 0 Å². The molecule has 32 heavy (non-hydrogen) atoms. The van der Waals surface area contributed by atoms with E-state index < -0.39 is 5.97 Å². The number of hydrogen-bond acceptors (Lipinski definition) is 4. The number of hydrogen-bond donors (Lipinski definition) is 1. The average Bonchev–Trinajstić information content (AvgIpc) is 2.82. The molecule has 0 spiro atoms. The Hall–Kier alpha value is -3.37. The number of ether oxygens (including phenoxy) is 2. The second kappa shape index (κ2) is 11.3. The molecule has 3 aromatic carbocycles. The topological polar surface area (TPSA) is 55.8 Å². The molecule has 3 rings (SSSR count). The van der Waals surface area contributed by atoms with E-state index in [-0.39, 0.29) is 19.8 Å². The number of rotatable bonds is 10. The van der Waals surface area contributed by atoms with Gasteiger partial charge in [-0.15, -0.1) is 0 Å². The van der Waals surface area contributed by atoms with Gasteiger partial charge in [0.1, 0.15) is 19.0 Å². The maximum Gasteiger partial charge on any atom is 0.330 e. The van der Waals surface area contributed by atoms with E-state index in [1.165, 1.54) is 22.3 Å². The third kappa shape index (κ3) is 5.86. The summed E-state index contributed by atoms with van der Waals surface area (Å²) in [4.78, 5) is 11.2. The Bertz CT molecular complexity index is 1070. The van der Waals surface area contributed by atoms with E-state index in [9.17, 15) is 9.90 Å². The molecule has 4 nitrogen and oxygen atoms in total. The van der Waals surface area contributed by atoms with Gasteiger partial charge in [0.15, 0.2) is 0 Å². The van der Waals surface area contributed by atoms with Crippen molar-refractivity contribution in [3.63, 3.8) is 0 Å². The Morgan fingerprint density at radius 3 is 2.34 bits per heavy atom. The van der Waals surface area contributed by atoms with Crippen LogP contribution < -0.4 is 4.74 Å². The predicted octanol–water partition coefficient (Wildman–Crippen LogP) is 5.53. The molecule has 0 atom stereocenters. The lowest BCUT2D eigenvalue weighted by atomic mass is 9.92. The quantitative estimate of drug-likeness (QED) is 0.261. The molecule has 1 N–H and O–H groups in total. The predicted molar refractivity (Wildman–Crippen MR) is 129 cm³/mol. The third-order valence-electron chi connectivity index (χ3n) is 5.38. The molecular formula is C28H30O4. The first kappa shape index (κ1) is 23.3. The van der Waals surface area contributed by atoms with Crippen molar-refractivity contribution in [2.24, 2.45) is 0 Å². The van der Waals surface area contributed by atoms with Crippen LogP contribution in [0.3, 0.4) is 0 Å². The molecule has 0 aromatic heterocycles. The van der Waals surface area contributed by atoms with Gasteiger partial charge in [-0.05, 0) is 59.2 Å². The molecule has 0 radical (unpaired) electrons. The second-order valence-corrected chi connectivity index (χ2v) is 7.61. The monoisotopic (exact) mass is 430 g/mol. The van der Waals surface area contributed by atoms with Gasteiger partial charge in [0.25, 0.3) is 0 Å². The summed E-state index contributed by atoms with van der Waals surface area (Å²) in [5.41, 5.74) is 8.02. The molecule has 0 aliphatic carbocycles. The van der Waals surface area contributed by atoms with Crippen molar-refractivity contribution in [1.29, 1.82) is 0 Å². The van der Waals surface area contributed by atoms with E-state index >= 15 is 0 Å². The van der Waals surface area contributed by atoms with Gasteiger partial charge in [-0.3, -0.25) is 0 Å². The van der Waals surface area contributed by atoms with Crippen molar-refractivity contribution in [2.45, 2.75) is 26.7 Å². The minimum absolute atomic E-state index is 0.0343. The van der Waals surface area contributed by atoms with Gasteiger partial charge >= 0.3 is 5.97 Å². The van der Waals surface area contributed by atoms with Crippen LogP contribution in [0, 0.1) is 6.92 Å². The first-order valence-electron chi connectivity index (χ1n) is 10.9. The molecule has 0 aliphatic rings. The van der Waals surface area contributed by atoms with Crippen LogP contribution in [0.1, 0.15) is 23.6 Å². The van der Waals surface area contributed by atoms with Gasteiger partial charge in [-0.2, -0.15) is 0 Å². The second-order valence-electron chi connectivity index (χ2n) is 7.61. The van der Waals surface area contributed by atoms with E-state index in [0.29, 0.717) is 12.2 Å². The van der Waals surface area contributed by atoms with Gasteiger partial charge < -0.3 is 14.6 Å². The molecule has 0 saturated heterocycles. The Balaban J connectivity index is 1.87. The van der Waals surface area contributed by atoms with Crippen LogP contribution in [0.15, 0.2) is 73.3 Å². The molecule has 0 bridgehead atoms. The molecule has 0 unspecified atom stereocenters. The van der Waals surface area contributed by atoms with Crippen LogP contribution in [0.5, 0.6) is 5.75 Å². The van der Waals surface area contributed by atoms with E-state index in [0.717, 1.165) is 29.2 Å². The number of aliphatic hydroxyl groups excluding tert-OH is 1.